The molecule has 0 aliphatic carbocycles. The molecule has 0 aliphatic rings. The van der Waals surface area contributed by atoms with Crippen molar-refractivity contribution < 1.29 is 0 Å². The number of aryl methyl sites for hydroxylation is 1. The number of fused-ring (bicyclic) bond motifs is 1. The summed E-state index contributed by atoms with van der Waals surface area (Å²) in [5.74, 6) is 0.864. The highest BCUT2D eigenvalue weighted by Crippen LogP contribution is 2.18. The maximum absolute atomic E-state index is 4.63. The topological polar surface area (TPSA) is 43.1 Å². The minimum Gasteiger partial charge on any atom is -0.187 e. The third kappa shape index (κ3) is 3.12. The SMILES string of the molecule is Cc1cccc(/C=C/c2nn3c(Cc4ccccc4)nnc3s2)c1. The molecule has 118 valence electrons. The Balaban J connectivity index is 1.60. The van der Waals surface area contributed by atoms with Gasteiger partial charge in [-0.3, -0.25) is 0 Å². The first-order valence-corrected chi connectivity index (χ1v) is 8.59. The van der Waals surface area contributed by atoms with Crippen molar-refractivity contribution in [3.8, 4) is 0 Å². The Morgan fingerprint density at radius 3 is 2.71 bits per heavy atom. The van der Waals surface area contributed by atoms with Crippen LogP contribution in [0.3, 0.4) is 0 Å². The van der Waals surface area contributed by atoms with Crippen molar-refractivity contribution in [2.45, 2.75) is 13.3 Å². The summed E-state index contributed by atoms with van der Waals surface area (Å²) in [7, 11) is 0. The van der Waals surface area contributed by atoms with Crippen LogP contribution in [0.4, 0.5) is 0 Å². The molecule has 0 radical (unpaired) electrons. The number of aromatic nitrogens is 4. The molecule has 4 rings (SSSR count). The van der Waals surface area contributed by atoms with Crippen LogP contribution in [0, 0.1) is 6.92 Å². The van der Waals surface area contributed by atoms with Gasteiger partial charge in [-0.2, -0.15) is 9.61 Å². The standard InChI is InChI=1S/C19H16N4S/c1-14-6-5-9-16(12-14)10-11-18-22-23-17(20-21-19(23)24-18)13-15-7-3-2-4-8-15/h2-12H,13H2,1H3/b11-10+. The molecule has 0 spiro atoms. The second-order valence-corrected chi connectivity index (χ2v) is 6.65. The zero-order valence-electron chi connectivity index (χ0n) is 13.3. The molecule has 2 heterocycles. The second-order valence-electron chi connectivity index (χ2n) is 5.66. The monoisotopic (exact) mass is 332 g/mol. The van der Waals surface area contributed by atoms with Crippen LogP contribution in [0.1, 0.15) is 27.5 Å². The smallest absolute Gasteiger partial charge is 0.187 e. The highest BCUT2D eigenvalue weighted by atomic mass is 32.1. The summed E-state index contributed by atoms with van der Waals surface area (Å²) < 4.78 is 1.84. The summed E-state index contributed by atoms with van der Waals surface area (Å²) in [5, 5.41) is 14.1. The number of benzene rings is 2. The zero-order chi connectivity index (χ0) is 16.4. The number of hydrogen-bond donors (Lipinski definition) is 0. The Hall–Kier alpha value is -2.79. The van der Waals surface area contributed by atoms with Gasteiger partial charge < -0.3 is 0 Å². The minimum absolute atomic E-state index is 0.729. The van der Waals surface area contributed by atoms with E-state index in [1.54, 1.807) is 11.3 Å². The average molecular weight is 332 g/mol. The van der Waals surface area contributed by atoms with E-state index in [2.05, 4.69) is 64.7 Å². The van der Waals surface area contributed by atoms with Gasteiger partial charge in [0.15, 0.2) is 5.82 Å². The maximum atomic E-state index is 4.63. The van der Waals surface area contributed by atoms with Gasteiger partial charge in [-0.1, -0.05) is 77.6 Å². The van der Waals surface area contributed by atoms with Crippen molar-refractivity contribution in [3.63, 3.8) is 0 Å². The third-order valence-corrected chi connectivity index (χ3v) is 4.60. The van der Waals surface area contributed by atoms with Crippen LogP contribution in [0.5, 0.6) is 0 Å². The van der Waals surface area contributed by atoms with Crippen LogP contribution in [-0.2, 0) is 6.42 Å². The summed E-state index contributed by atoms with van der Waals surface area (Å²) in [6, 6.07) is 18.7. The van der Waals surface area contributed by atoms with Crippen molar-refractivity contribution in [2.75, 3.05) is 0 Å². The largest absolute Gasteiger partial charge is 0.234 e. The van der Waals surface area contributed by atoms with E-state index in [1.807, 2.05) is 28.8 Å². The summed E-state index contributed by atoms with van der Waals surface area (Å²) in [5.41, 5.74) is 3.63. The molecule has 0 saturated carbocycles. The van der Waals surface area contributed by atoms with Gasteiger partial charge in [-0.25, -0.2) is 0 Å². The van der Waals surface area contributed by atoms with Crippen LogP contribution in [0.25, 0.3) is 17.1 Å². The van der Waals surface area contributed by atoms with Gasteiger partial charge in [0.1, 0.15) is 5.01 Å². The highest BCUT2D eigenvalue weighted by Gasteiger charge is 2.10. The van der Waals surface area contributed by atoms with Crippen molar-refractivity contribution in [1.29, 1.82) is 0 Å². The van der Waals surface area contributed by atoms with Crippen molar-refractivity contribution in [2.24, 2.45) is 0 Å². The van der Waals surface area contributed by atoms with Crippen molar-refractivity contribution >= 4 is 28.4 Å². The summed E-state index contributed by atoms with van der Waals surface area (Å²) in [6.07, 6.45) is 4.84. The van der Waals surface area contributed by atoms with Crippen molar-refractivity contribution in [3.05, 3.63) is 82.1 Å². The normalized spacial score (nSPS) is 11.5. The predicted octanol–water partition coefficient (Wildman–Crippen LogP) is 4.26. The highest BCUT2D eigenvalue weighted by molar-refractivity contribution is 7.17. The Kier molecular flexibility index (Phi) is 3.92. The molecule has 5 heteroatoms. The first-order valence-electron chi connectivity index (χ1n) is 7.78. The fraction of sp³-hybridized carbons (Fsp3) is 0.105. The molecule has 4 nitrogen and oxygen atoms in total. The fourth-order valence-corrected chi connectivity index (χ4v) is 3.33. The first kappa shape index (κ1) is 14.8. The molecule has 0 saturated heterocycles. The Bertz CT molecular complexity index is 999. The van der Waals surface area contributed by atoms with Crippen LogP contribution >= 0.6 is 11.3 Å². The van der Waals surface area contributed by atoms with Gasteiger partial charge in [0.2, 0.25) is 4.96 Å². The number of nitrogens with zero attached hydrogens (tertiary/aromatic N) is 4. The first-order chi connectivity index (χ1) is 11.8. The molecular weight excluding hydrogens is 316 g/mol. The Morgan fingerprint density at radius 1 is 1.00 bits per heavy atom. The predicted molar refractivity (Wildman–Crippen MR) is 98.0 cm³/mol. The molecule has 4 aromatic rings. The van der Waals surface area contributed by atoms with E-state index in [9.17, 15) is 0 Å². The van der Waals surface area contributed by atoms with Crippen LogP contribution in [0.15, 0.2) is 54.6 Å². The molecule has 0 N–H and O–H groups in total. The molecule has 0 unspecified atom stereocenters. The molecule has 0 amide bonds. The van der Waals surface area contributed by atoms with Gasteiger partial charge >= 0.3 is 0 Å². The molecule has 0 fully saturated rings. The quantitative estimate of drug-likeness (QED) is 0.561. The van der Waals surface area contributed by atoms with Gasteiger partial charge in [0, 0.05) is 6.42 Å². The number of rotatable bonds is 4. The Labute approximate surface area is 144 Å². The lowest BCUT2D eigenvalue weighted by atomic mass is 10.1. The maximum Gasteiger partial charge on any atom is 0.234 e. The molecule has 24 heavy (non-hydrogen) atoms. The summed E-state index contributed by atoms with van der Waals surface area (Å²) in [4.78, 5) is 0.824. The van der Waals surface area contributed by atoms with E-state index < -0.39 is 0 Å². The molecule has 2 aromatic heterocycles. The van der Waals surface area contributed by atoms with E-state index in [0.29, 0.717) is 0 Å². The van der Waals surface area contributed by atoms with Gasteiger partial charge in [-0.05, 0) is 24.1 Å². The van der Waals surface area contributed by atoms with Crippen LogP contribution < -0.4 is 0 Å². The lowest BCUT2D eigenvalue weighted by Gasteiger charge is -1.97. The molecule has 0 bridgehead atoms. The zero-order valence-corrected chi connectivity index (χ0v) is 14.1. The van der Waals surface area contributed by atoms with Gasteiger partial charge in [0.05, 0.1) is 0 Å². The van der Waals surface area contributed by atoms with E-state index in [1.165, 1.54) is 16.7 Å². The molecule has 0 aliphatic heterocycles. The van der Waals surface area contributed by atoms with E-state index >= 15 is 0 Å². The van der Waals surface area contributed by atoms with E-state index in [0.717, 1.165) is 22.2 Å². The number of hydrogen-bond acceptors (Lipinski definition) is 4. The van der Waals surface area contributed by atoms with Crippen LogP contribution in [0.2, 0.25) is 0 Å². The fourth-order valence-electron chi connectivity index (χ4n) is 2.57. The van der Waals surface area contributed by atoms with Gasteiger partial charge in [0.25, 0.3) is 0 Å². The Morgan fingerprint density at radius 2 is 1.88 bits per heavy atom. The van der Waals surface area contributed by atoms with Gasteiger partial charge in [-0.15, -0.1) is 10.2 Å². The average Bonchev–Trinajstić information content (AvgIpc) is 3.16. The molecular formula is C19H16N4S. The third-order valence-electron chi connectivity index (χ3n) is 3.74. The minimum atomic E-state index is 0.729. The molecule has 2 aromatic carbocycles. The van der Waals surface area contributed by atoms with E-state index in [4.69, 9.17) is 0 Å². The van der Waals surface area contributed by atoms with E-state index in [-0.39, 0.29) is 0 Å². The van der Waals surface area contributed by atoms with Crippen LogP contribution in [-0.4, -0.2) is 19.8 Å². The summed E-state index contributed by atoms with van der Waals surface area (Å²) >= 11 is 1.54. The lowest BCUT2D eigenvalue weighted by Crippen LogP contribution is -1.97. The second kappa shape index (κ2) is 6.37. The summed E-state index contributed by atoms with van der Waals surface area (Å²) in [6.45, 7) is 2.09. The lowest BCUT2D eigenvalue weighted by molar-refractivity contribution is 0.848. The molecule has 0 atom stereocenters. The van der Waals surface area contributed by atoms with Crippen molar-refractivity contribution in [1.82, 2.24) is 19.8 Å².